The van der Waals surface area contributed by atoms with Gasteiger partial charge in [0.05, 0.1) is 30.5 Å². The van der Waals surface area contributed by atoms with Crippen molar-refractivity contribution in [2.45, 2.75) is 6.42 Å². The van der Waals surface area contributed by atoms with E-state index in [9.17, 15) is 13.2 Å². The van der Waals surface area contributed by atoms with Crippen molar-refractivity contribution < 1.29 is 17.9 Å². The third-order valence-electron chi connectivity index (χ3n) is 2.57. The van der Waals surface area contributed by atoms with E-state index in [1.807, 2.05) is 6.07 Å². The Morgan fingerprint density at radius 1 is 1.42 bits per heavy atom. The van der Waals surface area contributed by atoms with E-state index >= 15 is 0 Å². The fourth-order valence-electron chi connectivity index (χ4n) is 1.44. The molecule has 0 aliphatic rings. The molecule has 102 valence electrons. The van der Waals surface area contributed by atoms with E-state index in [0.717, 1.165) is 4.31 Å². The summed E-state index contributed by atoms with van der Waals surface area (Å²) in [4.78, 5) is 11.0. The highest BCUT2D eigenvalue weighted by Crippen LogP contribution is 2.21. The summed E-state index contributed by atoms with van der Waals surface area (Å²) in [5.74, 6) is -0.957. The molecule has 1 aromatic rings. The number of hydrogen-bond acceptors (Lipinski definition) is 5. The zero-order valence-corrected chi connectivity index (χ0v) is 11.5. The molecular formula is C12H14N2O4S. The van der Waals surface area contributed by atoms with Gasteiger partial charge in [0.1, 0.15) is 6.07 Å². The van der Waals surface area contributed by atoms with Gasteiger partial charge in [0.2, 0.25) is 10.0 Å². The molecule has 7 heteroatoms. The minimum absolute atomic E-state index is 0.224. The molecule has 0 radical (unpaired) electrons. The largest absolute Gasteiger partial charge is 0.469 e. The highest BCUT2D eigenvalue weighted by molar-refractivity contribution is 7.92. The smallest absolute Gasteiger partial charge is 0.306 e. The second kappa shape index (κ2) is 6.20. The van der Waals surface area contributed by atoms with Gasteiger partial charge in [0.25, 0.3) is 0 Å². The zero-order valence-electron chi connectivity index (χ0n) is 10.7. The first-order valence-electron chi connectivity index (χ1n) is 5.45. The van der Waals surface area contributed by atoms with Crippen LogP contribution < -0.4 is 4.31 Å². The van der Waals surface area contributed by atoms with Crippen LogP contribution in [0.2, 0.25) is 0 Å². The molecule has 0 atom stereocenters. The van der Waals surface area contributed by atoms with Crippen LogP contribution in [-0.4, -0.2) is 34.3 Å². The highest BCUT2D eigenvalue weighted by atomic mass is 32.2. The molecule has 0 bridgehead atoms. The van der Waals surface area contributed by atoms with Crippen LogP contribution in [0.1, 0.15) is 12.0 Å². The van der Waals surface area contributed by atoms with Gasteiger partial charge in [0.15, 0.2) is 0 Å². The first kappa shape index (κ1) is 15.0. The molecule has 0 heterocycles. The van der Waals surface area contributed by atoms with Gasteiger partial charge in [-0.25, -0.2) is 8.42 Å². The summed E-state index contributed by atoms with van der Waals surface area (Å²) in [6.07, 6.45) is -0.224. The van der Waals surface area contributed by atoms with Crippen LogP contribution in [0.15, 0.2) is 24.3 Å². The van der Waals surface area contributed by atoms with E-state index in [2.05, 4.69) is 4.74 Å². The molecule has 6 nitrogen and oxygen atoms in total. The number of hydrogen-bond donors (Lipinski definition) is 0. The molecule has 0 spiro atoms. The van der Waals surface area contributed by atoms with E-state index in [-0.39, 0.29) is 23.4 Å². The number of sulfonamides is 1. The number of carbonyl (C=O) groups excluding carboxylic acids is 1. The highest BCUT2D eigenvalue weighted by Gasteiger charge is 2.21. The van der Waals surface area contributed by atoms with Crippen LogP contribution in [-0.2, 0) is 19.6 Å². The van der Waals surface area contributed by atoms with Gasteiger partial charge < -0.3 is 4.74 Å². The number of methoxy groups -OCH3 is 1. The molecule has 0 N–H and O–H groups in total. The van der Waals surface area contributed by atoms with E-state index in [1.165, 1.54) is 26.3 Å². The molecular weight excluding hydrogens is 268 g/mol. The maximum Gasteiger partial charge on any atom is 0.306 e. The van der Waals surface area contributed by atoms with Crippen LogP contribution >= 0.6 is 0 Å². The first-order valence-corrected chi connectivity index (χ1v) is 7.06. The van der Waals surface area contributed by atoms with Crippen LogP contribution in [0.25, 0.3) is 0 Å². The van der Waals surface area contributed by atoms with Crippen molar-refractivity contribution in [1.29, 1.82) is 5.26 Å². The lowest BCUT2D eigenvalue weighted by Crippen LogP contribution is -2.30. The Morgan fingerprint density at radius 2 is 2.05 bits per heavy atom. The number of carbonyl (C=O) groups is 1. The summed E-state index contributed by atoms with van der Waals surface area (Å²) in [5, 5.41) is 8.94. The number of esters is 1. The summed E-state index contributed by atoms with van der Waals surface area (Å²) in [6, 6.07) is 8.28. The number of nitriles is 1. The Labute approximate surface area is 112 Å². The predicted molar refractivity (Wildman–Crippen MR) is 70.0 cm³/mol. The lowest BCUT2D eigenvalue weighted by atomic mass is 10.2. The molecule has 1 aromatic carbocycles. The van der Waals surface area contributed by atoms with Crippen molar-refractivity contribution in [2.24, 2.45) is 0 Å². The molecule has 0 aromatic heterocycles. The number of anilines is 1. The van der Waals surface area contributed by atoms with E-state index in [4.69, 9.17) is 5.26 Å². The maximum atomic E-state index is 12.0. The quantitative estimate of drug-likeness (QED) is 0.748. The molecule has 19 heavy (non-hydrogen) atoms. The summed E-state index contributed by atoms with van der Waals surface area (Å²) in [5.41, 5.74) is 0.543. The van der Waals surface area contributed by atoms with Gasteiger partial charge in [0, 0.05) is 7.05 Å². The second-order valence-corrected chi connectivity index (χ2v) is 5.86. The van der Waals surface area contributed by atoms with E-state index < -0.39 is 16.0 Å². The van der Waals surface area contributed by atoms with Crippen molar-refractivity contribution in [3.8, 4) is 6.07 Å². The third-order valence-corrected chi connectivity index (χ3v) is 4.32. The van der Waals surface area contributed by atoms with Crippen LogP contribution in [0.4, 0.5) is 5.69 Å². The minimum atomic E-state index is -3.67. The molecule has 0 amide bonds. The summed E-state index contributed by atoms with van der Waals surface area (Å²) >= 11 is 0. The van der Waals surface area contributed by atoms with Crippen molar-refractivity contribution in [2.75, 3.05) is 24.2 Å². The van der Waals surface area contributed by atoms with Crippen LogP contribution in [0.3, 0.4) is 0 Å². The van der Waals surface area contributed by atoms with Gasteiger partial charge in [-0.2, -0.15) is 5.26 Å². The Balaban J connectivity index is 2.96. The average molecular weight is 282 g/mol. The van der Waals surface area contributed by atoms with Crippen molar-refractivity contribution in [3.63, 3.8) is 0 Å². The Bertz CT molecular complexity index is 604. The van der Waals surface area contributed by atoms with Gasteiger partial charge in [-0.3, -0.25) is 9.10 Å². The molecule has 0 unspecified atom stereocenters. The van der Waals surface area contributed by atoms with Gasteiger partial charge in [-0.15, -0.1) is 0 Å². The fraction of sp³-hybridized carbons (Fsp3) is 0.333. The molecule has 0 saturated heterocycles. The van der Waals surface area contributed by atoms with Crippen molar-refractivity contribution in [1.82, 2.24) is 0 Å². The fourth-order valence-corrected chi connectivity index (χ4v) is 2.60. The second-order valence-electron chi connectivity index (χ2n) is 3.74. The number of para-hydroxylation sites is 1. The molecule has 0 aliphatic carbocycles. The molecule has 0 saturated carbocycles. The minimum Gasteiger partial charge on any atom is -0.469 e. The Hall–Kier alpha value is -2.07. The first-order chi connectivity index (χ1) is 8.92. The Kier molecular flexibility index (Phi) is 4.89. The molecule has 0 aliphatic heterocycles. The van der Waals surface area contributed by atoms with Gasteiger partial charge in [-0.1, -0.05) is 12.1 Å². The normalized spacial score (nSPS) is 10.6. The number of ether oxygens (including phenoxy) is 1. The van der Waals surface area contributed by atoms with Crippen LogP contribution in [0.5, 0.6) is 0 Å². The lowest BCUT2D eigenvalue weighted by Gasteiger charge is -2.20. The topological polar surface area (TPSA) is 87.5 Å². The van der Waals surface area contributed by atoms with Crippen LogP contribution in [0, 0.1) is 11.3 Å². The number of benzene rings is 1. The predicted octanol–water partition coefficient (Wildman–Crippen LogP) is 0.887. The standard InChI is InChI=1S/C12H14N2O4S/c1-14(11-6-4-3-5-10(11)9-13)19(16,17)8-7-12(15)18-2/h3-6H,7-8H2,1-2H3. The molecule has 0 fully saturated rings. The average Bonchev–Trinajstić information content (AvgIpc) is 2.43. The van der Waals surface area contributed by atoms with E-state index in [1.54, 1.807) is 12.1 Å². The van der Waals surface area contributed by atoms with Gasteiger partial charge in [-0.05, 0) is 12.1 Å². The molecule has 1 rings (SSSR count). The lowest BCUT2D eigenvalue weighted by molar-refractivity contribution is -0.140. The SMILES string of the molecule is COC(=O)CCS(=O)(=O)N(C)c1ccccc1C#N. The summed E-state index contributed by atoms with van der Waals surface area (Å²) < 4.78 is 29.5. The zero-order chi connectivity index (χ0) is 14.5. The monoisotopic (exact) mass is 282 g/mol. The third kappa shape index (κ3) is 3.69. The maximum absolute atomic E-state index is 12.0. The van der Waals surface area contributed by atoms with Gasteiger partial charge >= 0.3 is 5.97 Å². The Morgan fingerprint density at radius 3 is 2.63 bits per heavy atom. The van der Waals surface area contributed by atoms with Crippen molar-refractivity contribution in [3.05, 3.63) is 29.8 Å². The van der Waals surface area contributed by atoms with Crippen molar-refractivity contribution >= 4 is 21.7 Å². The number of nitrogens with zero attached hydrogens (tertiary/aromatic N) is 2. The van der Waals surface area contributed by atoms with E-state index in [0.29, 0.717) is 0 Å². The number of rotatable bonds is 5. The summed E-state index contributed by atoms with van der Waals surface area (Å²) in [7, 11) is -1.12. The summed E-state index contributed by atoms with van der Waals surface area (Å²) in [6.45, 7) is 0.